The molecule has 1 aromatic rings. The van der Waals surface area contributed by atoms with Crippen LogP contribution < -0.4 is 0 Å². The van der Waals surface area contributed by atoms with Crippen molar-refractivity contribution >= 4 is 17.7 Å². The monoisotopic (exact) mass is 229 g/mol. The predicted molar refractivity (Wildman–Crippen MR) is 57.9 cm³/mol. The molecule has 1 rings (SSSR count). The molecule has 5 heteroatoms. The van der Waals surface area contributed by atoms with Gasteiger partial charge < -0.3 is 9.15 Å². The van der Waals surface area contributed by atoms with E-state index >= 15 is 0 Å². The average Bonchev–Trinajstić information content (AvgIpc) is 2.42. The SMILES string of the molecule is Cc1nc(SCC(=O)OC(C)C)oc1C. The molecular formula is C10H15NO3S. The average molecular weight is 229 g/mol. The Labute approximate surface area is 93.4 Å². The van der Waals surface area contributed by atoms with Gasteiger partial charge in [0.1, 0.15) is 11.5 Å². The lowest BCUT2D eigenvalue weighted by molar-refractivity contribution is -0.144. The van der Waals surface area contributed by atoms with Crippen LogP contribution in [0.4, 0.5) is 0 Å². The molecule has 0 spiro atoms. The van der Waals surface area contributed by atoms with E-state index in [1.165, 1.54) is 11.8 Å². The maximum Gasteiger partial charge on any atom is 0.316 e. The maximum absolute atomic E-state index is 11.2. The number of rotatable bonds is 4. The van der Waals surface area contributed by atoms with Crippen molar-refractivity contribution in [2.45, 2.75) is 39.0 Å². The van der Waals surface area contributed by atoms with Crippen molar-refractivity contribution < 1.29 is 13.9 Å². The van der Waals surface area contributed by atoms with Crippen LogP contribution in [-0.2, 0) is 9.53 Å². The van der Waals surface area contributed by atoms with Crippen molar-refractivity contribution in [1.82, 2.24) is 4.98 Å². The van der Waals surface area contributed by atoms with Gasteiger partial charge in [-0.3, -0.25) is 4.79 Å². The van der Waals surface area contributed by atoms with Gasteiger partial charge in [0.05, 0.1) is 11.8 Å². The van der Waals surface area contributed by atoms with E-state index < -0.39 is 0 Å². The van der Waals surface area contributed by atoms with Crippen LogP contribution in [0.15, 0.2) is 9.64 Å². The zero-order valence-electron chi connectivity index (χ0n) is 9.36. The summed E-state index contributed by atoms with van der Waals surface area (Å²) in [5.41, 5.74) is 0.856. The summed E-state index contributed by atoms with van der Waals surface area (Å²) < 4.78 is 10.3. The normalized spacial score (nSPS) is 10.7. The van der Waals surface area contributed by atoms with Crippen LogP contribution in [-0.4, -0.2) is 22.8 Å². The van der Waals surface area contributed by atoms with Gasteiger partial charge >= 0.3 is 5.97 Å². The fourth-order valence-electron chi connectivity index (χ4n) is 0.923. The Morgan fingerprint density at radius 2 is 2.20 bits per heavy atom. The second kappa shape index (κ2) is 5.21. The lowest BCUT2D eigenvalue weighted by Gasteiger charge is -2.05. The largest absolute Gasteiger partial charge is 0.462 e. The topological polar surface area (TPSA) is 52.3 Å². The number of aryl methyl sites for hydroxylation is 2. The van der Waals surface area contributed by atoms with Gasteiger partial charge in [-0.2, -0.15) is 0 Å². The number of carbonyl (C=O) groups is 1. The molecule has 0 saturated heterocycles. The van der Waals surface area contributed by atoms with E-state index in [-0.39, 0.29) is 17.8 Å². The van der Waals surface area contributed by atoms with E-state index in [0.717, 1.165) is 11.5 Å². The summed E-state index contributed by atoms with van der Waals surface area (Å²) in [7, 11) is 0. The first-order valence-electron chi connectivity index (χ1n) is 4.75. The summed E-state index contributed by atoms with van der Waals surface area (Å²) in [4.78, 5) is 15.4. The number of hydrogen-bond donors (Lipinski definition) is 0. The van der Waals surface area contributed by atoms with Crippen molar-refractivity contribution in [3.8, 4) is 0 Å². The molecule has 0 amide bonds. The first-order valence-corrected chi connectivity index (χ1v) is 5.74. The smallest absolute Gasteiger partial charge is 0.316 e. The second-order valence-corrected chi connectivity index (χ2v) is 4.38. The predicted octanol–water partition coefficient (Wildman–Crippen LogP) is 2.34. The van der Waals surface area contributed by atoms with E-state index in [1.54, 1.807) is 0 Å². The highest BCUT2D eigenvalue weighted by Gasteiger charge is 2.10. The number of thioether (sulfide) groups is 1. The maximum atomic E-state index is 11.2. The zero-order chi connectivity index (χ0) is 11.4. The summed E-state index contributed by atoms with van der Waals surface area (Å²) >= 11 is 1.25. The molecule has 4 nitrogen and oxygen atoms in total. The molecule has 0 aliphatic carbocycles. The minimum Gasteiger partial charge on any atom is -0.462 e. The Morgan fingerprint density at radius 1 is 1.53 bits per heavy atom. The third-order valence-corrected chi connectivity index (χ3v) is 2.49. The van der Waals surface area contributed by atoms with Crippen LogP contribution in [0, 0.1) is 13.8 Å². The number of ether oxygens (including phenoxy) is 1. The summed E-state index contributed by atoms with van der Waals surface area (Å²) in [6.07, 6.45) is -0.0777. The lowest BCUT2D eigenvalue weighted by atomic mass is 10.4. The fourth-order valence-corrected chi connectivity index (χ4v) is 1.62. The Bertz CT molecular complexity index is 327. The van der Waals surface area contributed by atoms with Gasteiger partial charge in [0.2, 0.25) is 0 Å². The molecular weight excluding hydrogens is 214 g/mol. The van der Waals surface area contributed by atoms with Gasteiger partial charge in [-0.25, -0.2) is 4.98 Å². The molecule has 0 fully saturated rings. The van der Waals surface area contributed by atoms with E-state index in [1.807, 2.05) is 27.7 Å². The zero-order valence-corrected chi connectivity index (χ0v) is 10.2. The van der Waals surface area contributed by atoms with Gasteiger partial charge in [0.15, 0.2) is 0 Å². The van der Waals surface area contributed by atoms with Gasteiger partial charge in [0.25, 0.3) is 5.22 Å². The van der Waals surface area contributed by atoms with Crippen LogP contribution in [0.3, 0.4) is 0 Å². The number of oxazole rings is 1. The van der Waals surface area contributed by atoms with Crippen LogP contribution in [0.25, 0.3) is 0 Å². The summed E-state index contributed by atoms with van der Waals surface area (Å²) in [5, 5.41) is 0.519. The van der Waals surface area contributed by atoms with E-state index in [2.05, 4.69) is 4.98 Å². The second-order valence-electron chi connectivity index (χ2n) is 3.45. The summed E-state index contributed by atoms with van der Waals surface area (Å²) in [6, 6.07) is 0. The molecule has 1 aromatic heterocycles. The number of aromatic nitrogens is 1. The number of hydrogen-bond acceptors (Lipinski definition) is 5. The van der Waals surface area contributed by atoms with E-state index in [9.17, 15) is 4.79 Å². The first-order chi connectivity index (χ1) is 6.99. The van der Waals surface area contributed by atoms with Gasteiger partial charge in [-0.15, -0.1) is 0 Å². The van der Waals surface area contributed by atoms with Gasteiger partial charge in [0, 0.05) is 0 Å². The number of nitrogens with zero attached hydrogens (tertiary/aromatic N) is 1. The molecule has 0 N–H and O–H groups in total. The van der Waals surface area contributed by atoms with Crippen LogP contribution in [0.2, 0.25) is 0 Å². The molecule has 15 heavy (non-hydrogen) atoms. The Morgan fingerprint density at radius 3 is 2.67 bits per heavy atom. The molecule has 0 radical (unpaired) electrons. The molecule has 0 unspecified atom stereocenters. The van der Waals surface area contributed by atoms with Crippen molar-refractivity contribution in [2.24, 2.45) is 0 Å². The number of carbonyl (C=O) groups excluding carboxylic acids is 1. The van der Waals surface area contributed by atoms with Crippen molar-refractivity contribution in [2.75, 3.05) is 5.75 Å². The molecule has 1 heterocycles. The fraction of sp³-hybridized carbons (Fsp3) is 0.600. The van der Waals surface area contributed by atoms with Gasteiger partial charge in [-0.1, -0.05) is 11.8 Å². The number of esters is 1. The Hall–Kier alpha value is -0.970. The third kappa shape index (κ3) is 3.95. The summed E-state index contributed by atoms with van der Waals surface area (Å²) in [5.74, 6) is 0.774. The third-order valence-electron chi connectivity index (χ3n) is 1.69. The standard InChI is InChI=1S/C10H15NO3S/c1-6(2)13-9(12)5-15-10-11-7(3)8(4)14-10/h6H,5H2,1-4H3. The van der Waals surface area contributed by atoms with Crippen LogP contribution in [0.5, 0.6) is 0 Å². The minimum absolute atomic E-state index is 0.0777. The molecule has 0 bridgehead atoms. The Kier molecular flexibility index (Phi) is 4.20. The lowest BCUT2D eigenvalue weighted by Crippen LogP contribution is -2.13. The van der Waals surface area contributed by atoms with Crippen LogP contribution in [0.1, 0.15) is 25.3 Å². The molecule has 0 atom stereocenters. The molecule has 0 aliphatic rings. The highest BCUT2D eigenvalue weighted by molar-refractivity contribution is 7.99. The first kappa shape index (κ1) is 12.1. The minimum atomic E-state index is -0.247. The van der Waals surface area contributed by atoms with Crippen LogP contribution >= 0.6 is 11.8 Å². The highest BCUT2D eigenvalue weighted by Crippen LogP contribution is 2.20. The van der Waals surface area contributed by atoms with E-state index in [0.29, 0.717) is 5.22 Å². The van der Waals surface area contributed by atoms with Crippen molar-refractivity contribution in [3.63, 3.8) is 0 Å². The quantitative estimate of drug-likeness (QED) is 0.586. The molecule has 0 aliphatic heterocycles. The van der Waals surface area contributed by atoms with Crippen molar-refractivity contribution in [1.29, 1.82) is 0 Å². The van der Waals surface area contributed by atoms with Crippen molar-refractivity contribution in [3.05, 3.63) is 11.5 Å². The molecule has 84 valence electrons. The van der Waals surface area contributed by atoms with E-state index in [4.69, 9.17) is 9.15 Å². The molecule has 0 aromatic carbocycles. The summed E-state index contributed by atoms with van der Waals surface area (Å²) in [6.45, 7) is 7.36. The van der Waals surface area contributed by atoms with Gasteiger partial charge in [-0.05, 0) is 27.7 Å². The molecule has 0 saturated carbocycles. The Balaban J connectivity index is 2.40. The highest BCUT2D eigenvalue weighted by atomic mass is 32.2.